The Morgan fingerprint density at radius 2 is 2.12 bits per heavy atom. The van der Waals surface area contributed by atoms with Gasteiger partial charge in [0.05, 0.1) is 15.2 Å². The largest absolute Gasteiger partial charge is 0.338 e. The molecule has 0 radical (unpaired) electrons. The molecule has 3 rings (SSSR count). The summed E-state index contributed by atoms with van der Waals surface area (Å²) in [6.45, 7) is 2.88. The highest BCUT2D eigenvalue weighted by molar-refractivity contribution is 7.18. The number of thiazole rings is 1. The second kappa shape index (κ2) is 10.3. The SMILES string of the molecule is CC(N)C1CCCCN1C(=O)CCCc1nc2ccccc2s1.Cl.Cl. The Balaban J connectivity index is 0.00000156. The molecule has 1 saturated heterocycles. The van der Waals surface area contributed by atoms with E-state index in [0.717, 1.165) is 42.8 Å². The molecule has 2 unspecified atom stereocenters. The highest BCUT2D eigenvalue weighted by Crippen LogP contribution is 2.24. The number of hydrogen-bond donors (Lipinski definition) is 1. The minimum atomic E-state index is 0. The molecule has 0 aliphatic carbocycles. The fourth-order valence-electron chi connectivity index (χ4n) is 3.37. The zero-order valence-corrected chi connectivity index (χ0v) is 17.0. The predicted molar refractivity (Wildman–Crippen MR) is 110 cm³/mol. The number of para-hydroxylation sites is 1. The number of halogens is 2. The lowest BCUT2D eigenvalue weighted by molar-refractivity contribution is -0.135. The fourth-order valence-corrected chi connectivity index (χ4v) is 4.38. The van der Waals surface area contributed by atoms with Gasteiger partial charge in [-0.15, -0.1) is 36.2 Å². The Morgan fingerprint density at radius 1 is 1.36 bits per heavy atom. The minimum Gasteiger partial charge on any atom is -0.338 e. The van der Waals surface area contributed by atoms with Crippen molar-refractivity contribution in [1.29, 1.82) is 0 Å². The number of rotatable bonds is 5. The molecule has 2 atom stereocenters. The maximum absolute atomic E-state index is 12.5. The van der Waals surface area contributed by atoms with Crippen LogP contribution in [0.5, 0.6) is 0 Å². The molecule has 4 nitrogen and oxygen atoms in total. The maximum Gasteiger partial charge on any atom is 0.222 e. The quantitative estimate of drug-likeness (QED) is 0.813. The number of piperidine rings is 1. The lowest BCUT2D eigenvalue weighted by Gasteiger charge is -2.38. The van der Waals surface area contributed by atoms with E-state index in [1.807, 2.05) is 30.0 Å². The molecular weight excluding hydrogens is 377 g/mol. The van der Waals surface area contributed by atoms with Crippen molar-refractivity contribution < 1.29 is 4.79 Å². The Morgan fingerprint density at radius 3 is 2.84 bits per heavy atom. The summed E-state index contributed by atoms with van der Waals surface area (Å²) >= 11 is 1.73. The standard InChI is InChI=1S/C18H25N3OS.2ClH/c1-13(19)15-8-4-5-12-21(15)18(22)11-6-10-17-20-14-7-2-3-9-16(14)23-17;;/h2-3,7,9,13,15H,4-6,8,10-12,19H2,1H3;2*1H. The van der Waals surface area contributed by atoms with Crippen LogP contribution in [0.4, 0.5) is 0 Å². The van der Waals surface area contributed by atoms with Crippen molar-refractivity contribution in [1.82, 2.24) is 9.88 Å². The Labute approximate surface area is 166 Å². The fraction of sp³-hybridized carbons (Fsp3) is 0.556. The summed E-state index contributed by atoms with van der Waals surface area (Å²) in [6.07, 6.45) is 5.66. The van der Waals surface area contributed by atoms with Gasteiger partial charge >= 0.3 is 0 Å². The van der Waals surface area contributed by atoms with Crippen LogP contribution in [0, 0.1) is 0 Å². The van der Waals surface area contributed by atoms with E-state index < -0.39 is 0 Å². The molecule has 140 valence electrons. The summed E-state index contributed by atoms with van der Waals surface area (Å²) in [6, 6.07) is 8.48. The van der Waals surface area contributed by atoms with Crippen LogP contribution in [-0.4, -0.2) is 34.4 Å². The van der Waals surface area contributed by atoms with Crippen LogP contribution in [0.3, 0.4) is 0 Å². The van der Waals surface area contributed by atoms with Gasteiger partial charge in [0.25, 0.3) is 0 Å². The molecule has 2 N–H and O–H groups in total. The number of nitrogens with two attached hydrogens (primary N) is 1. The third kappa shape index (κ3) is 5.55. The van der Waals surface area contributed by atoms with Gasteiger partial charge in [-0.2, -0.15) is 0 Å². The number of carbonyl (C=O) groups is 1. The topological polar surface area (TPSA) is 59.2 Å². The summed E-state index contributed by atoms with van der Waals surface area (Å²) in [5.41, 5.74) is 7.12. The highest BCUT2D eigenvalue weighted by Gasteiger charge is 2.28. The second-order valence-corrected chi connectivity index (χ2v) is 7.55. The summed E-state index contributed by atoms with van der Waals surface area (Å²) in [5.74, 6) is 0.258. The molecule has 7 heteroatoms. The third-order valence-corrected chi connectivity index (χ3v) is 5.69. The van der Waals surface area contributed by atoms with Crippen LogP contribution >= 0.6 is 36.2 Å². The smallest absolute Gasteiger partial charge is 0.222 e. The van der Waals surface area contributed by atoms with Crippen molar-refractivity contribution in [2.45, 2.75) is 57.5 Å². The number of amides is 1. The molecule has 1 aliphatic rings. The van der Waals surface area contributed by atoms with Gasteiger partial charge in [-0.1, -0.05) is 12.1 Å². The third-order valence-electron chi connectivity index (χ3n) is 4.60. The average Bonchev–Trinajstić information content (AvgIpc) is 2.97. The van der Waals surface area contributed by atoms with E-state index >= 15 is 0 Å². The molecule has 1 aromatic carbocycles. The minimum absolute atomic E-state index is 0. The monoisotopic (exact) mass is 403 g/mol. The van der Waals surface area contributed by atoms with Crippen LogP contribution in [0.15, 0.2) is 24.3 Å². The summed E-state index contributed by atoms with van der Waals surface area (Å²) in [4.78, 5) is 19.2. The van der Waals surface area contributed by atoms with E-state index in [1.54, 1.807) is 11.3 Å². The van der Waals surface area contributed by atoms with Crippen LogP contribution in [0.25, 0.3) is 10.2 Å². The number of benzene rings is 1. The molecular formula is C18H27Cl2N3OS. The Hall–Kier alpha value is -0.880. The lowest BCUT2D eigenvalue weighted by Crippen LogP contribution is -2.51. The molecule has 2 heterocycles. The van der Waals surface area contributed by atoms with Crippen LogP contribution in [0.2, 0.25) is 0 Å². The number of hydrogen-bond acceptors (Lipinski definition) is 4. The molecule has 0 bridgehead atoms. The molecule has 0 saturated carbocycles. The predicted octanol–water partition coefficient (Wildman–Crippen LogP) is 4.19. The zero-order chi connectivity index (χ0) is 16.2. The normalized spacial score (nSPS) is 18.3. The lowest BCUT2D eigenvalue weighted by atomic mass is 9.96. The van der Waals surface area contributed by atoms with E-state index in [-0.39, 0.29) is 42.8 Å². The molecule has 1 aromatic heterocycles. The van der Waals surface area contributed by atoms with Gasteiger partial charge in [0.1, 0.15) is 0 Å². The van der Waals surface area contributed by atoms with Crippen LogP contribution < -0.4 is 5.73 Å². The van der Waals surface area contributed by atoms with E-state index in [9.17, 15) is 4.79 Å². The Kier molecular flexibility index (Phi) is 9.14. The summed E-state index contributed by atoms with van der Waals surface area (Å²) in [5, 5.41) is 1.13. The number of carbonyl (C=O) groups excluding carboxylic acids is 1. The molecule has 1 fully saturated rings. The van der Waals surface area contributed by atoms with E-state index in [0.29, 0.717) is 6.42 Å². The van der Waals surface area contributed by atoms with Crippen LogP contribution in [-0.2, 0) is 11.2 Å². The zero-order valence-electron chi connectivity index (χ0n) is 14.5. The first-order valence-corrected chi connectivity index (χ1v) is 9.36. The van der Waals surface area contributed by atoms with Crippen molar-refractivity contribution in [3.05, 3.63) is 29.3 Å². The van der Waals surface area contributed by atoms with Gasteiger partial charge < -0.3 is 10.6 Å². The number of likely N-dealkylation sites (tertiary alicyclic amines) is 1. The van der Waals surface area contributed by atoms with Gasteiger partial charge in [-0.05, 0) is 51.2 Å². The van der Waals surface area contributed by atoms with E-state index in [4.69, 9.17) is 5.73 Å². The van der Waals surface area contributed by atoms with Crippen molar-refractivity contribution in [2.75, 3.05) is 6.54 Å². The number of fused-ring (bicyclic) bond motifs is 1. The van der Waals surface area contributed by atoms with E-state index in [2.05, 4.69) is 11.1 Å². The molecule has 1 amide bonds. The summed E-state index contributed by atoms with van der Waals surface area (Å²) < 4.78 is 1.22. The van der Waals surface area contributed by atoms with Crippen molar-refractivity contribution in [3.63, 3.8) is 0 Å². The van der Waals surface area contributed by atoms with Gasteiger partial charge in [-0.3, -0.25) is 4.79 Å². The second-order valence-electron chi connectivity index (χ2n) is 6.44. The maximum atomic E-state index is 12.5. The number of nitrogens with zero attached hydrogens (tertiary/aromatic N) is 2. The molecule has 2 aromatic rings. The molecule has 25 heavy (non-hydrogen) atoms. The van der Waals surface area contributed by atoms with Gasteiger partial charge in [0.2, 0.25) is 5.91 Å². The first-order valence-electron chi connectivity index (χ1n) is 8.54. The van der Waals surface area contributed by atoms with Crippen molar-refractivity contribution in [2.24, 2.45) is 5.73 Å². The van der Waals surface area contributed by atoms with Gasteiger partial charge in [-0.25, -0.2) is 4.98 Å². The van der Waals surface area contributed by atoms with Crippen molar-refractivity contribution >= 4 is 52.3 Å². The number of aryl methyl sites for hydroxylation is 1. The highest BCUT2D eigenvalue weighted by atomic mass is 35.5. The Bertz CT molecular complexity index is 644. The average molecular weight is 404 g/mol. The summed E-state index contributed by atoms with van der Waals surface area (Å²) in [7, 11) is 0. The first kappa shape index (κ1) is 22.2. The van der Waals surface area contributed by atoms with E-state index in [1.165, 1.54) is 11.1 Å². The van der Waals surface area contributed by atoms with Gasteiger partial charge in [0.15, 0.2) is 0 Å². The molecule has 0 spiro atoms. The van der Waals surface area contributed by atoms with Gasteiger partial charge in [0, 0.05) is 25.0 Å². The van der Waals surface area contributed by atoms with Crippen molar-refractivity contribution in [3.8, 4) is 0 Å². The number of aromatic nitrogens is 1. The first-order chi connectivity index (χ1) is 11.1. The van der Waals surface area contributed by atoms with Crippen LogP contribution in [0.1, 0.15) is 44.0 Å². The molecule has 1 aliphatic heterocycles.